The first-order valence-corrected chi connectivity index (χ1v) is 8.97. The highest BCUT2D eigenvalue weighted by Gasteiger charge is 2.50. The van der Waals surface area contributed by atoms with Gasteiger partial charge >= 0.3 is 6.09 Å². The highest BCUT2D eigenvalue weighted by atomic mass is 16.6. The summed E-state index contributed by atoms with van der Waals surface area (Å²) in [6.07, 6.45) is 5.10. The van der Waals surface area contributed by atoms with Gasteiger partial charge < -0.3 is 19.5 Å². The van der Waals surface area contributed by atoms with E-state index in [4.69, 9.17) is 9.47 Å². The van der Waals surface area contributed by atoms with Crippen molar-refractivity contribution in [1.82, 2.24) is 9.88 Å². The second-order valence-electron chi connectivity index (χ2n) is 8.12. The third-order valence-electron chi connectivity index (χ3n) is 5.04. The minimum atomic E-state index is -1.08. The summed E-state index contributed by atoms with van der Waals surface area (Å²) in [5.74, 6) is 0.591. The minimum Gasteiger partial charge on any atom is -0.495 e. The lowest BCUT2D eigenvalue weighted by Crippen LogP contribution is -2.59. The van der Waals surface area contributed by atoms with Crippen molar-refractivity contribution in [3.05, 3.63) is 24.0 Å². The van der Waals surface area contributed by atoms with Gasteiger partial charge in [-0.1, -0.05) is 0 Å². The average molecular weight is 348 g/mol. The van der Waals surface area contributed by atoms with Gasteiger partial charge in [0.1, 0.15) is 22.6 Å². The predicted octanol–water partition coefficient (Wildman–Crippen LogP) is 3.23. The van der Waals surface area contributed by atoms with Crippen molar-refractivity contribution in [2.75, 3.05) is 7.11 Å². The van der Waals surface area contributed by atoms with E-state index in [9.17, 15) is 9.90 Å². The highest BCUT2D eigenvalue weighted by Crippen LogP contribution is 2.46. The molecule has 3 rings (SSSR count). The van der Waals surface area contributed by atoms with Gasteiger partial charge in [0.05, 0.1) is 7.11 Å². The summed E-state index contributed by atoms with van der Waals surface area (Å²) in [6.45, 7) is 5.62. The van der Waals surface area contributed by atoms with Crippen LogP contribution in [0.2, 0.25) is 0 Å². The van der Waals surface area contributed by atoms with Crippen LogP contribution in [-0.4, -0.2) is 45.9 Å². The van der Waals surface area contributed by atoms with E-state index in [1.807, 2.05) is 31.7 Å². The van der Waals surface area contributed by atoms with Gasteiger partial charge in [0, 0.05) is 31.1 Å². The van der Waals surface area contributed by atoms with E-state index in [0.29, 0.717) is 24.3 Å². The number of nitrogens with zero attached hydrogens (tertiary/aromatic N) is 2. The van der Waals surface area contributed by atoms with Crippen LogP contribution in [0.3, 0.4) is 0 Å². The van der Waals surface area contributed by atoms with Crippen molar-refractivity contribution >= 4 is 6.09 Å². The van der Waals surface area contributed by atoms with Gasteiger partial charge in [-0.25, -0.2) is 4.79 Å². The van der Waals surface area contributed by atoms with Crippen molar-refractivity contribution in [2.45, 2.75) is 76.2 Å². The molecule has 138 valence electrons. The van der Waals surface area contributed by atoms with E-state index < -0.39 is 11.2 Å². The van der Waals surface area contributed by atoms with E-state index in [-0.39, 0.29) is 18.2 Å². The Hall–Kier alpha value is -1.82. The van der Waals surface area contributed by atoms with Crippen molar-refractivity contribution in [2.24, 2.45) is 0 Å². The fourth-order valence-corrected chi connectivity index (χ4v) is 4.14. The van der Waals surface area contributed by atoms with Gasteiger partial charge in [-0.15, -0.1) is 0 Å². The molecule has 0 saturated carbocycles. The SMILES string of the molecule is COc1cccnc1C1(O)CC2CCCC(C1)N2C(=O)OC(C)(C)C. The molecule has 6 heteroatoms. The lowest BCUT2D eigenvalue weighted by molar-refractivity contribution is -0.0992. The van der Waals surface area contributed by atoms with Crippen LogP contribution in [0.15, 0.2) is 18.3 Å². The lowest BCUT2D eigenvalue weighted by Gasteiger charge is -2.51. The summed E-state index contributed by atoms with van der Waals surface area (Å²) in [6, 6.07) is 3.52. The topological polar surface area (TPSA) is 71.9 Å². The standard InChI is InChI=1S/C19H28N2O4/c1-18(2,3)25-17(22)21-13-7-5-8-14(21)12-19(23,11-13)16-15(24-4)9-6-10-20-16/h6,9-10,13-14,23H,5,7-8,11-12H2,1-4H3. The average Bonchev–Trinajstić information content (AvgIpc) is 2.52. The smallest absolute Gasteiger partial charge is 0.410 e. The van der Waals surface area contributed by atoms with Crippen molar-refractivity contribution in [3.63, 3.8) is 0 Å². The van der Waals surface area contributed by atoms with E-state index >= 15 is 0 Å². The molecule has 2 aliphatic heterocycles. The molecule has 2 bridgehead atoms. The zero-order valence-electron chi connectivity index (χ0n) is 15.5. The molecule has 1 amide bonds. The molecule has 0 aromatic carbocycles. The first-order valence-electron chi connectivity index (χ1n) is 8.97. The summed E-state index contributed by atoms with van der Waals surface area (Å²) >= 11 is 0. The maximum Gasteiger partial charge on any atom is 0.410 e. The predicted molar refractivity (Wildman–Crippen MR) is 93.4 cm³/mol. The summed E-state index contributed by atoms with van der Waals surface area (Å²) < 4.78 is 11.0. The van der Waals surface area contributed by atoms with Crippen LogP contribution in [-0.2, 0) is 10.3 Å². The first kappa shape index (κ1) is 18.0. The number of rotatable bonds is 2. The highest BCUT2D eigenvalue weighted by molar-refractivity contribution is 5.69. The summed E-state index contributed by atoms with van der Waals surface area (Å²) in [7, 11) is 1.58. The number of methoxy groups -OCH3 is 1. The molecule has 0 aliphatic carbocycles. The Morgan fingerprint density at radius 2 is 1.96 bits per heavy atom. The van der Waals surface area contributed by atoms with Gasteiger partial charge in [-0.3, -0.25) is 4.98 Å². The summed E-state index contributed by atoms with van der Waals surface area (Å²) in [4.78, 5) is 18.9. The Balaban J connectivity index is 1.87. The normalized spacial score (nSPS) is 29.2. The molecule has 1 aromatic heterocycles. The van der Waals surface area contributed by atoms with Crippen LogP contribution in [0, 0.1) is 0 Å². The van der Waals surface area contributed by atoms with Gasteiger partial charge in [0.15, 0.2) is 0 Å². The third-order valence-corrected chi connectivity index (χ3v) is 5.04. The van der Waals surface area contributed by atoms with Crippen LogP contribution in [0.4, 0.5) is 4.79 Å². The number of aliphatic hydroxyl groups is 1. The number of piperidine rings is 2. The monoisotopic (exact) mass is 348 g/mol. The second-order valence-corrected chi connectivity index (χ2v) is 8.12. The number of pyridine rings is 1. The largest absolute Gasteiger partial charge is 0.495 e. The molecule has 2 fully saturated rings. The van der Waals surface area contributed by atoms with E-state index in [2.05, 4.69) is 4.98 Å². The lowest BCUT2D eigenvalue weighted by atomic mass is 9.74. The van der Waals surface area contributed by atoms with E-state index in [1.165, 1.54) is 0 Å². The summed E-state index contributed by atoms with van der Waals surface area (Å²) in [5, 5.41) is 11.4. The molecule has 6 nitrogen and oxygen atoms in total. The molecule has 2 saturated heterocycles. The Bertz CT molecular complexity index is 627. The quantitative estimate of drug-likeness (QED) is 0.888. The Labute approximate surface area is 149 Å². The fraction of sp³-hybridized carbons (Fsp3) is 0.684. The molecular weight excluding hydrogens is 320 g/mol. The molecule has 1 N–H and O–H groups in total. The number of amides is 1. The number of aromatic nitrogens is 1. The van der Waals surface area contributed by atoms with Gasteiger partial charge in [0.2, 0.25) is 0 Å². The number of hydrogen-bond donors (Lipinski definition) is 1. The van der Waals surface area contributed by atoms with Crippen molar-refractivity contribution < 1.29 is 19.4 Å². The maximum atomic E-state index is 12.7. The van der Waals surface area contributed by atoms with Crippen LogP contribution in [0.25, 0.3) is 0 Å². The Morgan fingerprint density at radius 1 is 1.32 bits per heavy atom. The maximum absolute atomic E-state index is 12.7. The molecule has 2 unspecified atom stereocenters. The molecular formula is C19H28N2O4. The number of fused-ring (bicyclic) bond motifs is 2. The van der Waals surface area contributed by atoms with Crippen LogP contribution >= 0.6 is 0 Å². The Morgan fingerprint density at radius 3 is 2.52 bits per heavy atom. The van der Waals surface area contributed by atoms with E-state index in [0.717, 1.165) is 19.3 Å². The molecule has 2 aliphatic rings. The summed E-state index contributed by atoms with van der Waals surface area (Å²) in [5.41, 5.74) is -1.04. The molecule has 3 heterocycles. The molecule has 25 heavy (non-hydrogen) atoms. The Kier molecular flexibility index (Phi) is 4.66. The van der Waals surface area contributed by atoms with Gasteiger partial charge in [-0.05, 0) is 52.2 Å². The molecule has 0 radical (unpaired) electrons. The van der Waals surface area contributed by atoms with Crippen molar-refractivity contribution in [1.29, 1.82) is 0 Å². The minimum absolute atomic E-state index is 0.0425. The van der Waals surface area contributed by atoms with E-state index in [1.54, 1.807) is 19.4 Å². The van der Waals surface area contributed by atoms with Crippen LogP contribution < -0.4 is 4.74 Å². The van der Waals surface area contributed by atoms with Crippen LogP contribution in [0.1, 0.15) is 58.6 Å². The first-order chi connectivity index (χ1) is 11.7. The zero-order valence-corrected chi connectivity index (χ0v) is 15.5. The third kappa shape index (κ3) is 3.59. The van der Waals surface area contributed by atoms with Gasteiger partial charge in [0.25, 0.3) is 0 Å². The van der Waals surface area contributed by atoms with Crippen LogP contribution in [0.5, 0.6) is 5.75 Å². The fourth-order valence-electron chi connectivity index (χ4n) is 4.14. The van der Waals surface area contributed by atoms with Gasteiger partial charge in [-0.2, -0.15) is 0 Å². The van der Waals surface area contributed by atoms with Crippen molar-refractivity contribution in [3.8, 4) is 5.75 Å². The zero-order chi connectivity index (χ0) is 18.2. The second kappa shape index (κ2) is 6.48. The molecule has 1 aromatic rings. The molecule has 0 spiro atoms. The number of carbonyl (C=O) groups excluding carboxylic acids is 1. The number of hydrogen-bond acceptors (Lipinski definition) is 5. The number of ether oxygens (including phenoxy) is 2. The number of carbonyl (C=O) groups is 1. The molecule has 2 atom stereocenters.